The normalized spacial score (nSPS) is 11.2. The number of thioether (sulfide) groups is 2. The molecule has 0 aliphatic heterocycles. The molecule has 6 nitrogen and oxygen atoms in total. The molecule has 3 N–H and O–H groups in total. The molecule has 0 aliphatic carbocycles. The molecule has 2 aromatic carbocycles. The Hall–Kier alpha value is -2.45. The summed E-state index contributed by atoms with van der Waals surface area (Å²) in [6.45, 7) is 3.54. The fourth-order valence-electron chi connectivity index (χ4n) is 3.27. The average molecular weight is 459 g/mol. The van der Waals surface area contributed by atoms with Gasteiger partial charge in [-0.3, -0.25) is 4.79 Å². The van der Waals surface area contributed by atoms with Crippen molar-refractivity contribution in [1.29, 1.82) is 0 Å². The van der Waals surface area contributed by atoms with Crippen molar-refractivity contribution in [3.05, 3.63) is 47.0 Å². The van der Waals surface area contributed by atoms with E-state index in [0.717, 1.165) is 63.8 Å². The minimum atomic E-state index is -0.949. The van der Waals surface area contributed by atoms with E-state index in [0.29, 0.717) is 5.56 Å². The molecule has 0 unspecified atom stereocenters. The Bertz CT molecular complexity index is 1090. The first-order valence-electron chi connectivity index (χ1n) is 10.2. The Morgan fingerprint density at radius 1 is 1.10 bits per heavy atom. The molecule has 0 radical (unpaired) electrons. The molecule has 0 fully saturated rings. The third kappa shape index (κ3) is 5.83. The number of phenolic OH excluding ortho intramolecular Hbond substituents is 1. The molecule has 0 amide bonds. The average Bonchev–Trinajstić information content (AvgIpc) is 3.14. The quantitative estimate of drug-likeness (QED) is 0.190. The number of carboxylic acid groups (broad SMARTS) is 1. The first kappa shape index (κ1) is 23.2. The smallest absolute Gasteiger partial charge is 0.335 e. The molecular weight excluding hydrogens is 432 g/mol. The Labute approximate surface area is 189 Å². The van der Waals surface area contributed by atoms with Crippen molar-refractivity contribution in [2.24, 2.45) is 0 Å². The number of aromatic amines is 1. The third-order valence-electron chi connectivity index (χ3n) is 4.86. The van der Waals surface area contributed by atoms with Gasteiger partial charge in [-0.25, -0.2) is 9.78 Å². The van der Waals surface area contributed by atoms with E-state index in [1.165, 1.54) is 6.92 Å². The van der Waals surface area contributed by atoms with Crippen molar-refractivity contribution in [1.82, 2.24) is 9.97 Å². The van der Waals surface area contributed by atoms with Gasteiger partial charge in [-0.05, 0) is 62.3 Å². The molecule has 0 spiro atoms. The highest BCUT2D eigenvalue weighted by molar-refractivity contribution is 7.99. The minimum absolute atomic E-state index is 0.117. The second-order valence-corrected chi connectivity index (χ2v) is 9.45. The highest BCUT2D eigenvalue weighted by Crippen LogP contribution is 2.34. The van der Waals surface area contributed by atoms with Gasteiger partial charge in [0, 0.05) is 16.2 Å². The highest BCUT2D eigenvalue weighted by atomic mass is 32.2. The van der Waals surface area contributed by atoms with Gasteiger partial charge >= 0.3 is 5.97 Å². The summed E-state index contributed by atoms with van der Waals surface area (Å²) in [4.78, 5) is 31.5. The molecule has 3 aromatic rings. The molecule has 31 heavy (non-hydrogen) atoms. The van der Waals surface area contributed by atoms with Crippen LogP contribution >= 0.6 is 23.5 Å². The van der Waals surface area contributed by atoms with Crippen LogP contribution in [0.4, 0.5) is 0 Å². The summed E-state index contributed by atoms with van der Waals surface area (Å²) in [5.74, 6) is 0.898. The number of nitrogens with zero attached hydrogens (tertiary/aromatic N) is 1. The summed E-state index contributed by atoms with van der Waals surface area (Å²) >= 11 is 3.34. The van der Waals surface area contributed by atoms with Crippen molar-refractivity contribution >= 4 is 46.3 Å². The van der Waals surface area contributed by atoms with Crippen LogP contribution < -0.4 is 0 Å². The number of rotatable bonds is 11. The number of unbranched alkanes of at least 4 members (excludes halogenated alkanes) is 1. The predicted molar refractivity (Wildman–Crippen MR) is 126 cm³/mol. The van der Waals surface area contributed by atoms with E-state index in [2.05, 4.69) is 16.9 Å². The second kappa shape index (κ2) is 10.7. The van der Waals surface area contributed by atoms with Crippen molar-refractivity contribution in [3.8, 4) is 5.75 Å². The number of H-pyrrole nitrogens is 1. The molecule has 0 atom stereocenters. The molecule has 0 saturated carbocycles. The Kier molecular flexibility index (Phi) is 8.03. The fourth-order valence-corrected chi connectivity index (χ4v) is 5.26. The van der Waals surface area contributed by atoms with Crippen LogP contribution in [-0.4, -0.2) is 43.4 Å². The number of imidazole rings is 1. The number of aromatic hydroxyl groups is 1. The summed E-state index contributed by atoms with van der Waals surface area (Å²) < 4.78 is 0. The molecule has 3 rings (SSSR count). The number of hydrogen-bond donors (Lipinski definition) is 3. The van der Waals surface area contributed by atoms with Crippen molar-refractivity contribution in [2.45, 2.75) is 49.6 Å². The fraction of sp³-hybridized carbons (Fsp3) is 0.348. The lowest BCUT2D eigenvalue weighted by Gasteiger charge is -2.13. The summed E-state index contributed by atoms with van der Waals surface area (Å²) in [5.41, 5.74) is 3.01. The first-order valence-corrected chi connectivity index (χ1v) is 12.2. The van der Waals surface area contributed by atoms with Crippen LogP contribution in [0.5, 0.6) is 5.75 Å². The minimum Gasteiger partial charge on any atom is -0.507 e. The maximum atomic E-state index is 11.7. The van der Waals surface area contributed by atoms with Crippen molar-refractivity contribution in [3.63, 3.8) is 0 Å². The van der Waals surface area contributed by atoms with Crippen LogP contribution in [0.3, 0.4) is 0 Å². The van der Waals surface area contributed by atoms with Gasteiger partial charge < -0.3 is 15.2 Å². The lowest BCUT2D eigenvalue weighted by atomic mass is 10.0. The Morgan fingerprint density at radius 2 is 1.84 bits per heavy atom. The largest absolute Gasteiger partial charge is 0.507 e. The van der Waals surface area contributed by atoms with Crippen LogP contribution in [-0.2, 0) is 6.42 Å². The zero-order valence-electron chi connectivity index (χ0n) is 17.6. The number of phenols is 1. The lowest BCUT2D eigenvalue weighted by molar-refractivity contribution is 0.0696. The van der Waals surface area contributed by atoms with Gasteiger partial charge in [-0.2, -0.15) is 0 Å². The number of fused-ring (bicyclic) bond motifs is 1. The summed E-state index contributed by atoms with van der Waals surface area (Å²) in [7, 11) is 0. The molecule has 0 aliphatic rings. The van der Waals surface area contributed by atoms with E-state index in [4.69, 9.17) is 5.11 Å². The van der Waals surface area contributed by atoms with E-state index in [1.807, 2.05) is 6.07 Å². The van der Waals surface area contributed by atoms with E-state index in [9.17, 15) is 14.7 Å². The van der Waals surface area contributed by atoms with Gasteiger partial charge in [0.2, 0.25) is 0 Å². The van der Waals surface area contributed by atoms with E-state index >= 15 is 0 Å². The monoisotopic (exact) mass is 458 g/mol. The Balaban J connectivity index is 1.49. The molecule has 8 heteroatoms. The maximum Gasteiger partial charge on any atom is 0.335 e. The third-order valence-corrected chi connectivity index (χ3v) is 7.01. The number of benzene rings is 2. The van der Waals surface area contributed by atoms with Gasteiger partial charge in [0.1, 0.15) is 5.75 Å². The zero-order chi connectivity index (χ0) is 22.4. The van der Waals surface area contributed by atoms with Crippen molar-refractivity contribution < 1.29 is 19.8 Å². The van der Waals surface area contributed by atoms with Crippen LogP contribution in [0.2, 0.25) is 0 Å². The summed E-state index contributed by atoms with van der Waals surface area (Å²) in [6.07, 6.45) is 3.68. The number of aromatic nitrogens is 2. The van der Waals surface area contributed by atoms with Crippen LogP contribution in [0, 0.1) is 0 Å². The van der Waals surface area contributed by atoms with Crippen molar-refractivity contribution in [2.75, 3.05) is 11.5 Å². The number of aromatic carboxylic acids is 1. The van der Waals surface area contributed by atoms with Gasteiger partial charge in [0.05, 0.1) is 22.2 Å². The van der Waals surface area contributed by atoms with Gasteiger partial charge in [0.25, 0.3) is 0 Å². The SMILES string of the molecule is CCCc1c(SCCCCSc2nc3ccc(C(=O)O)cc3[nH]2)ccc(C(C)=O)c1O. The van der Waals surface area contributed by atoms with Crippen LogP contribution in [0.15, 0.2) is 40.4 Å². The van der Waals surface area contributed by atoms with Crippen LogP contribution in [0.25, 0.3) is 11.0 Å². The standard InChI is InChI=1S/C23H26N2O4S2/c1-3-6-17-20(10-8-16(14(2)26)21(17)27)30-11-4-5-12-31-23-24-18-9-7-15(22(28)29)13-19(18)25-23/h7-10,13,27H,3-6,11-12H2,1-2H3,(H,24,25)(H,28,29). The number of nitrogens with one attached hydrogen (secondary N) is 1. The number of carbonyl (C=O) groups is 2. The number of Topliss-reactive ketones (excluding diaryl/α,β-unsaturated/α-hetero) is 1. The van der Waals surface area contributed by atoms with Crippen LogP contribution in [0.1, 0.15) is 59.4 Å². The zero-order valence-corrected chi connectivity index (χ0v) is 19.2. The predicted octanol–water partition coefficient (Wildman–Crippen LogP) is 5.79. The number of carbonyl (C=O) groups excluding carboxylic acids is 1. The summed E-state index contributed by atoms with van der Waals surface area (Å²) in [5, 5.41) is 20.3. The molecule has 0 bridgehead atoms. The molecule has 0 saturated heterocycles. The van der Waals surface area contributed by atoms with E-state index in [1.54, 1.807) is 47.8 Å². The molecule has 1 aromatic heterocycles. The molecular formula is C23H26N2O4S2. The van der Waals surface area contributed by atoms with E-state index in [-0.39, 0.29) is 17.1 Å². The highest BCUT2D eigenvalue weighted by Gasteiger charge is 2.15. The number of carboxylic acids is 1. The number of hydrogen-bond acceptors (Lipinski definition) is 6. The van der Waals surface area contributed by atoms with Gasteiger partial charge in [-0.15, -0.1) is 11.8 Å². The maximum absolute atomic E-state index is 11.7. The van der Waals surface area contributed by atoms with Gasteiger partial charge in [0.15, 0.2) is 10.9 Å². The molecule has 1 heterocycles. The van der Waals surface area contributed by atoms with E-state index < -0.39 is 5.97 Å². The number of ketones is 1. The van der Waals surface area contributed by atoms with Gasteiger partial charge in [-0.1, -0.05) is 25.1 Å². The lowest BCUT2D eigenvalue weighted by Crippen LogP contribution is -1.98. The topological polar surface area (TPSA) is 103 Å². The molecule has 164 valence electrons. The second-order valence-electron chi connectivity index (χ2n) is 7.23. The Morgan fingerprint density at radius 3 is 2.52 bits per heavy atom. The first-order chi connectivity index (χ1) is 14.9. The summed E-state index contributed by atoms with van der Waals surface area (Å²) in [6, 6.07) is 8.54.